The maximum absolute atomic E-state index is 13.0. The van der Waals surface area contributed by atoms with E-state index in [-0.39, 0.29) is 21.6 Å². The number of nitrogens with zero attached hydrogens (tertiary/aromatic N) is 2. The van der Waals surface area contributed by atoms with Gasteiger partial charge in [-0.25, -0.2) is 9.37 Å². The third-order valence-corrected chi connectivity index (χ3v) is 2.95. The van der Waals surface area contributed by atoms with Gasteiger partial charge in [0, 0.05) is 0 Å². The van der Waals surface area contributed by atoms with Crippen LogP contribution in [0.3, 0.4) is 0 Å². The molecular weight excluding hydrogens is 324 g/mol. The third kappa shape index (κ3) is 3.45. The fourth-order valence-electron chi connectivity index (χ4n) is 1.52. The molecule has 1 aromatic carbocycles. The molecule has 0 aliphatic carbocycles. The van der Waals surface area contributed by atoms with Crippen LogP contribution in [0, 0.1) is 15.9 Å². The predicted octanol–water partition coefficient (Wildman–Crippen LogP) is 3.69. The second-order valence-electron chi connectivity index (χ2n) is 3.84. The van der Waals surface area contributed by atoms with Gasteiger partial charge in [-0.3, -0.25) is 14.9 Å². The van der Waals surface area contributed by atoms with Gasteiger partial charge in [0.2, 0.25) is 0 Å². The number of carbonyl (C=O) groups is 1. The fourth-order valence-corrected chi connectivity index (χ4v) is 1.86. The maximum Gasteiger partial charge on any atom is 0.295 e. The standard InChI is InChI=1S/C12H6Cl2FN3O3/c13-7-2-4-10(14)17-11(7)12(19)16-8-3-1-6(15)5-9(8)18(20)21/h1-5H,(H,16,19). The van der Waals surface area contributed by atoms with E-state index in [4.69, 9.17) is 23.2 Å². The molecule has 21 heavy (non-hydrogen) atoms. The highest BCUT2D eigenvalue weighted by Gasteiger charge is 2.20. The van der Waals surface area contributed by atoms with Crippen molar-refractivity contribution in [3.05, 3.63) is 62.1 Å². The molecule has 0 aliphatic rings. The average Bonchev–Trinajstić information content (AvgIpc) is 2.43. The largest absolute Gasteiger partial charge is 0.315 e. The number of benzene rings is 1. The Hall–Kier alpha value is -2.25. The topological polar surface area (TPSA) is 85.1 Å². The molecule has 0 saturated carbocycles. The van der Waals surface area contributed by atoms with Crippen molar-refractivity contribution in [2.75, 3.05) is 5.32 Å². The van der Waals surface area contributed by atoms with Gasteiger partial charge in [0.15, 0.2) is 0 Å². The number of nitrogens with one attached hydrogen (secondary N) is 1. The summed E-state index contributed by atoms with van der Waals surface area (Å²) >= 11 is 11.5. The van der Waals surface area contributed by atoms with Gasteiger partial charge in [-0.05, 0) is 24.3 Å². The van der Waals surface area contributed by atoms with Crippen molar-refractivity contribution in [3.8, 4) is 0 Å². The number of nitro groups is 1. The van der Waals surface area contributed by atoms with E-state index in [1.165, 1.54) is 12.1 Å². The summed E-state index contributed by atoms with van der Waals surface area (Å²) in [5.74, 6) is -1.59. The van der Waals surface area contributed by atoms with Crippen LogP contribution in [0.4, 0.5) is 15.8 Å². The van der Waals surface area contributed by atoms with Gasteiger partial charge >= 0.3 is 0 Å². The fraction of sp³-hybridized carbons (Fsp3) is 0. The lowest BCUT2D eigenvalue weighted by molar-refractivity contribution is -0.384. The van der Waals surface area contributed by atoms with Crippen molar-refractivity contribution >= 4 is 40.5 Å². The summed E-state index contributed by atoms with van der Waals surface area (Å²) < 4.78 is 13.0. The number of hydrogen-bond acceptors (Lipinski definition) is 4. The summed E-state index contributed by atoms with van der Waals surface area (Å²) in [5, 5.41) is 13.2. The molecule has 0 fully saturated rings. The zero-order chi connectivity index (χ0) is 15.6. The Kier molecular flexibility index (Phi) is 4.35. The highest BCUT2D eigenvalue weighted by Crippen LogP contribution is 2.26. The number of aromatic nitrogens is 1. The van der Waals surface area contributed by atoms with Crippen LogP contribution < -0.4 is 5.32 Å². The van der Waals surface area contributed by atoms with Crippen LogP contribution in [0.1, 0.15) is 10.5 Å². The first-order valence-electron chi connectivity index (χ1n) is 5.46. The van der Waals surface area contributed by atoms with E-state index in [1.807, 2.05) is 0 Å². The monoisotopic (exact) mass is 329 g/mol. The second kappa shape index (κ2) is 6.02. The highest BCUT2D eigenvalue weighted by molar-refractivity contribution is 6.35. The molecule has 0 saturated heterocycles. The molecule has 1 heterocycles. The molecule has 0 bridgehead atoms. The van der Waals surface area contributed by atoms with Crippen molar-refractivity contribution in [1.29, 1.82) is 0 Å². The number of nitro benzene ring substituents is 1. The Labute approximate surface area is 127 Å². The minimum atomic E-state index is -0.814. The van der Waals surface area contributed by atoms with Crippen LogP contribution >= 0.6 is 23.2 Å². The van der Waals surface area contributed by atoms with E-state index in [9.17, 15) is 19.3 Å². The molecular formula is C12H6Cl2FN3O3. The van der Waals surface area contributed by atoms with Gasteiger partial charge in [0.1, 0.15) is 22.4 Å². The SMILES string of the molecule is O=C(Nc1ccc(F)cc1[N+](=O)[O-])c1nc(Cl)ccc1Cl. The summed E-state index contributed by atoms with van der Waals surface area (Å²) in [7, 11) is 0. The molecule has 1 aromatic heterocycles. The minimum absolute atomic E-state index is 0.0293. The number of carbonyl (C=O) groups excluding carboxylic acids is 1. The summed E-state index contributed by atoms with van der Waals surface area (Å²) in [6.45, 7) is 0. The van der Waals surface area contributed by atoms with Gasteiger partial charge in [-0.2, -0.15) is 0 Å². The first-order valence-corrected chi connectivity index (χ1v) is 6.21. The van der Waals surface area contributed by atoms with E-state index in [2.05, 4.69) is 10.3 Å². The van der Waals surface area contributed by atoms with E-state index >= 15 is 0 Å². The quantitative estimate of drug-likeness (QED) is 0.528. The van der Waals surface area contributed by atoms with Crippen molar-refractivity contribution in [2.45, 2.75) is 0 Å². The Bertz CT molecular complexity index is 740. The van der Waals surface area contributed by atoms with Crippen molar-refractivity contribution in [2.24, 2.45) is 0 Å². The maximum atomic E-state index is 13.0. The number of rotatable bonds is 3. The Morgan fingerprint density at radius 1 is 1.29 bits per heavy atom. The predicted molar refractivity (Wildman–Crippen MR) is 75.3 cm³/mol. The molecule has 9 heteroatoms. The molecule has 0 spiro atoms. The molecule has 1 amide bonds. The molecule has 0 radical (unpaired) electrons. The molecule has 2 rings (SSSR count). The summed E-state index contributed by atoms with van der Waals surface area (Å²) in [6, 6.07) is 5.51. The summed E-state index contributed by atoms with van der Waals surface area (Å²) in [5.41, 5.74) is -0.950. The Morgan fingerprint density at radius 2 is 2.00 bits per heavy atom. The van der Waals surface area contributed by atoms with E-state index < -0.39 is 22.3 Å². The molecule has 0 unspecified atom stereocenters. The molecule has 1 N–H and O–H groups in total. The Morgan fingerprint density at radius 3 is 2.67 bits per heavy atom. The third-order valence-electron chi connectivity index (χ3n) is 2.43. The lowest BCUT2D eigenvalue weighted by Gasteiger charge is -2.07. The van der Waals surface area contributed by atoms with E-state index in [0.29, 0.717) is 6.07 Å². The van der Waals surface area contributed by atoms with Gasteiger partial charge < -0.3 is 5.32 Å². The molecule has 0 aliphatic heterocycles. The normalized spacial score (nSPS) is 10.2. The van der Waals surface area contributed by atoms with Crippen LogP contribution in [0.25, 0.3) is 0 Å². The van der Waals surface area contributed by atoms with Crippen molar-refractivity contribution in [3.63, 3.8) is 0 Å². The van der Waals surface area contributed by atoms with Crippen LogP contribution in [0.15, 0.2) is 30.3 Å². The minimum Gasteiger partial charge on any atom is -0.315 e. The van der Waals surface area contributed by atoms with Gasteiger partial charge in [-0.15, -0.1) is 0 Å². The second-order valence-corrected chi connectivity index (χ2v) is 4.63. The number of amides is 1. The van der Waals surface area contributed by atoms with E-state index in [1.54, 1.807) is 0 Å². The zero-order valence-electron chi connectivity index (χ0n) is 10.1. The summed E-state index contributed by atoms with van der Waals surface area (Å²) in [4.78, 5) is 25.8. The first-order chi connectivity index (χ1) is 9.88. The zero-order valence-corrected chi connectivity index (χ0v) is 11.7. The number of pyridine rings is 1. The smallest absolute Gasteiger partial charge is 0.295 e. The average molecular weight is 330 g/mol. The summed E-state index contributed by atoms with van der Waals surface area (Å²) in [6.07, 6.45) is 0. The number of halogens is 3. The highest BCUT2D eigenvalue weighted by atomic mass is 35.5. The van der Waals surface area contributed by atoms with E-state index in [0.717, 1.165) is 12.1 Å². The molecule has 108 valence electrons. The number of anilines is 1. The lowest BCUT2D eigenvalue weighted by atomic mass is 10.2. The molecule has 0 atom stereocenters. The van der Waals surface area contributed by atoms with Crippen LogP contribution in [0.5, 0.6) is 0 Å². The van der Waals surface area contributed by atoms with Crippen LogP contribution in [-0.2, 0) is 0 Å². The van der Waals surface area contributed by atoms with Crippen LogP contribution in [-0.4, -0.2) is 15.8 Å². The molecule has 6 nitrogen and oxygen atoms in total. The van der Waals surface area contributed by atoms with Gasteiger partial charge in [-0.1, -0.05) is 23.2 Å². The number of hydrogen-bond donors (Lipinski definition) is 1. The van der Waals surface area contributed by atoms with Gasteiger partial charge in [0.25, 0.3) is 11.6 Å². The van der Waals surface area contributed by atoms with Gasteiger partial charge in [0.05, 0.1) is 16.0 Å². The van der Waals surface area contributed by atoms with Crippen molar-refractivity contribution < 1.29 is 14.1 Å². The molecule has 2 aromatic rings. The lowest BCUT2D eigenvalue weighted by Crippen LogP contribution is -2.15. The van der Waals surface area contributed by atoms with Crippen molar-refractivity contribution in [1.82, 2.24) is 4.98 Å². The first kappa shape index (κ1) is 15.1. The Balaban J connectivity index is 2.36. The van der Waals surface area contributed by atoms with Crippen LogP contribution in [0.2, 0.25) is 10.2 Å².